The maximum absolute atomic E-state index is 13.0. The summed E-state index contributed by atoms with van der Waals surface area (Å²) in [5.74, 6) is 4.25. The lowest BCUT2D eigenvalue weighted by molar-refractivity contribution is 0.103. The molecule has 5 nitrogen and oxygen atoms in total. The summed E-state index contributed by atoms with van der Waals surface area (Å²) in [6, 6.07) is 8.94. The Kier molecular flexibility index (Phi) is 3.98. The third kappa shape index (κ3) is 2.67. The molecule has 0 N–H and O–H groups in total. The summed E-state index contributed by atoms with van der Waals surface area (Å²) < 4.78 is 21.5. The van der Waals surface area contributed by atoms with Crippen molar-refractivity contribution < 1.29 is 23.7 Å². The van der Waals surface area contributed by atoms with Gasteiger partial charge in [-0.25, -0.2) is 0 Å². The third-order valence-corrected chi connectivity index (χ3v) is 4.86. The van der Waals surface area contributed by atoms with Gasteiger partial charge in [0.25, 0.3) is 0 Å². The van der Waals surface area contributed by atoms with Gasteiger partial charge in [0.2, 0.25) is 13.6 Å². The zero-order chi connectivity index (χ0) is 16.5. The Labute approximate surface area is 143 Å². The number of hydrogen-bond acceptors (Lipinski definition) is 6. The fraction of sp³-hybridized carbons (Fsp3) is 0.278. The van der Waals surface area contributed by atoms with E-state index in [1.54, 1.807) is 36.0 Å². The topological polar surface area (TPSA) is 54.0 Å². The number of carbonyl (C=O) groups excluding carboxylic acids is 1. The van der Waals surface area contributed by atoms with Gasteiger partial charge in [0.05, 0.1) is 0 Å². The predicted octanol–water partition coefficient (Wildman–Crippen LogP) is 3.63. The molecule has 24 heavy (non-hydrogen) atoms. The van der Waals surface area contributed by atoms with Crippen molar-refractivity contribution >= 4 is 17.5 Å². The third-order valence-electron chi connectivity index (χ3n) is 3.94. The normalized spacial score (nSPS) is 14.0. The molecular weight excluding hydrogens is 328 g/mol. The number of hydrogen-bond donors (Lipinski definition) is 0. The number of ketones is 1. The minimum Gasteiger partial charge on any atom is -0.454 e. The molecule has 0 radical (unpaired) electrons. The van der Waals surface area contributed by atoms with Gasteiger partial charge in [0, 0.05) is 16.9 Å². The Morgan fingerprint density at radius 1 is 0.958 bits per heavy atom. The van der Waals surface area contributed by atoms with Gasteiger partial charge >= 0.3 is 0 Å². The van der Waals surface area contributed by atoms with E-state index in [4.69, 9.17) is 18.9 Å². The molecule has 0 bridgehead atoms. The van der Waals surface area contributed by atoms with Gasteiger partial charge in [-0.3, -0.25) is 4.79 Å². The molecular formula is C18H16O5S. The van der Waals surface area contributed by atoms with Crippen molar-refractivity contribution in [3.05, 3.63) is 47.0 Å². The predicted molar refractivity (Wildman–Crippen MR) is 90.4 cm³/mol. The van der Waals surface area contributed by atoms with E-state index in [0.717, 1.165) is 17.1 Å². The Balaban J connectivity index is 1.72. The Morgan fingerprint density at radius 3 is 2.38 bits per heavy atom. The number of rotatable bonds is 5. The largest absolute Gasteiger partial charge is 0.454 e. The minimum atomic E-state index is -0.0571. The van der Waals surface area contributed by atoms with Crippen LogP contribution in [-0.4, -0.2) is 25.1 Å². The molecule has 0 saturated heterocycles. The Morgan fingerprint density at radius 2 is 1.62 bits per heavy atom. The lowest BCUT2D eigenvalue weighted by Gasteiger charge is -2.10. The molecule has 2 aliphatic rings. The molecule has 2 aliphatic heterocycles. The average molecular weight is 344 g/mol. The molecule has 6 heteroatoms. The summed E-state index contributed by atoms with van der Waals surface area (Å²) in [6.45, 7) is 2.48. The highest BCUT2D eigenvalue weighted by Crippen LogP contribution is 2.38. The molecule has 2 aromatic carbocycles. The van der Waals surface area contributed by atoms with Gasteiger partial charge in [0.1, 0.15) is 0 Å². The van der Waals surface area contributed by atoms with Crippen LogP contribution in [0.25, 0.3) is 0 Å². The van der Waals surface area contributed by atoms with Crippen molar-refractivity contribution in [3.63, 3.8) is 0 Å². The van der Waals surface area contributed by atoms with Crippen LogP contribution >= 0.6 is 11.8 Å². The molecule has 0 unspecified atom stereocenters. The number of carbonyl (C=O) groups is 1. The van der Waals surface area contributed by atoms with E-state index in [1.165, 1.54) is 0 Å². The lowest BCUT2D eigenvalue weighted by Crippen LogP contribution is -2.05. The number of thioether (sulfide) groups is 1. The fourth-order valence-corrected chi connectivity index (χ4v) is 3.38. The van der Waals surface area contributed by atoms with Crippen LogP contribution in [-0.2, 0) is 5.75 Å². The van der Waals surface area contributed by atoms with Gasteiger partial charge < -0.3 is 18.9 Å². The highest BCUT2D eigenvalue weighted by Gasteiger charge is 2.23. The van der Waals surface area contributed by atoms with Crippen LogP contribution in [0.1, 0.15) is 28.4 Å². The van der Waals surface area contributed by atoms with Crippen LogP contribution in [0.5, 0.6) is 23.0 Å². The Bertz CT molecular complexity index is 802. The molecule has 124 valence electrons. The van der Waals surface area contributed by atoms with Crippen LogP contribution in [0.15, 0.2) is 30.3 Å². The second-order valence-corrected chi connectivity index (χ2v) is 6.67. The lowest BCUT2D eigenvalue weighted by atomic mass is 9.98. The van der Waals surface area contributed by atoms with Crippen LogP contribution < -0.4 is 18.9 Å². The van der Waals surface area contributed by atoms with Crippen LogP contribution in [0.4, 0.5) is 0 Å². The number of ether oxygens (including phenoxy) is 4. The average Bonchev–Trinajstić information content (AvgIpc) is 3.25. The van der Waals surface area contributed by atoms with Crippen molar-refractivity contribution in [1.82, 2.24) is 0 Å². The highest BCUT2D eigenvalue weighted by atomic mass is 32.2. The van der Waals surface area contributed by atoms with E-state index >= 15 is 0 Å². The quantitative estimate of drug-likeness (QED) is 0.772. The van der Waals surface area contributed by atoms with Crippen LogP contribution in [0.3, 0.4) is 0 Å². The molecule has 0 aromatic heterocycles. The van der Waals surface area contributed by atoms with Crippen molar-refractivity contribution in [1.29, 1.82) is 0 Å². The van der Waals surface area contributed by atoms with Crippen LogP contribution in [0, 0.1) is 0 Å². The minimum absolute atomic E-state index is 0.0571. The van der Waals surface area contributed by atoms with Gasteiger partial charge in [-0.1, -0.05) is 6.92 Å². The molecule has 0 amide bonds. The summed E-state index contributed by atoms with van der Waals surface area (Å²) in [6.07, 6.45) is 0. The molecule has 0 saturated carbocycles. The molecule has 0 aliphatic carbocycles. The maximum atomic E-state index is 13.0. The summed E-state index contributed by atoms with van der Waals surface area (Å²) in [7, 11) is 0. The summed E-state index contributed by atoms with van der Waals surface area (Å²) in [4.78, 5) is 13.0. The van der Waals surface area contributed by atoms with E-state index in [1.807, 2.05) is 6.07 Å². The van der Waals surface area contributed by atoms with E-state index in [-0.39, 0.29) is 19.4 Å². The van der Waals surface area contributed by atoms with E-state index < -0.39 is 0 Å². The smallest absolute Gasteiger partial charge is 0.231 e. The first-order chi connectivity index (χ1) is 11.8. The van der Waals surface area contributed by atoms with Gasteiger partial charge in [0.15, 0.2) is 28.8 Å². The standard InChI is InChI=1S/C18H16O5S/c1-2-24-8-12-6-16-17(23-10-22-16)7-13(12)18(19)11-3-4-14-15(5-11)21-9-20-14/h3-7H,2,8-10H2,1H3. The molecule has 2 aromatic rings. The monoisotopic (exact) mass is 344 g/mol. The molecule has 2 heterocycles. The second-order valence-electron chi connectivity index (χ2n) is 5.40. The zero-order valence-electron chi connectivity index (χ0n) is 13.2. The molecule has 4 rings (SSSR count). The first-order valence-electron chi connectivity index (χ1n) is 7.71. The van der Waals surface area contributed by atoms with Crippen molar-refractivity contribution in [2.45, 2.75) is 12.7 Å². The first-order valence-corrected chi connectivity index (χ1v) is 8.86. The van der Waals surface area contributed by atoms with Crippen molar-refractivity contribution in [2.24, 2.45) is 0 Å². The Hall–Kier alpha value is -2.34. The molecule has 0 spiro atoms. The summed E-state index contributed by atoms with van der Waals surface area (Å²) in [5, 5.41) is 0. The van der Waals surface area contributed by atoms with Crippen molar-refractivity contribution in [2.75, 3.05) is 19.3 Å². The van der Waals surface area contributed by atoms with E-state index in [9.17, 15) is 4.79 Å². The number of benzene rings is 2. The molecule has 0 fully saturated rings. The van der Waals surface area contributed by atoms with Crippen molar-refractivity contribution in [3.8, 4) is 23.0 Å². The van der Waals surface area contributed by atoms with Gasteiger partial charge in [-0.2, -0.15) is 11.8 Å². The highest BCUT2D eigenvalue weighted by molar-refractivity contribution is 7.98. The second kappa shape index (κ2) is 6.28. The van der Waals surface area contributed by atoms with Gasteiger partial charge in [-0.15, -0.1) is 0 Å². The number of fused-ring (bicyclic) bond motifs is 2. The zero-order valence-corrected chi connectivity index (χ0v) is 14.0. The maximum Gasteiger partial charge on any atom is 0.231 e. The fourth-order valence-electron chi connectivity index (χ4n) is 2.72. The van der Waals surface area contributed by atoms with E-state index in [2.05, 4.69) is 6.92 Å². The summed E-state index contributed by atoms with van der Waals surface area (Å²) >= 11 is 1.76. The molecule has 0 atom stereocenters. The SMILES string of the molecule is CCSCc1cc2c(cc1C(=O)c1ccc3c(c1)OCO3)OCO2. The summed E-state index contributed by atoms with van der Waals surface area (Å²) in [5.41, 5.74) is 2.16. The van der Waals surface area contributed by atoms with Crippen LogP contribution in [0.2, 0.25) is 0 Å². The first kappa shape index (κ1) is 15.2. The van der Waals surface area contributed by atoms with E-state index in [0.29, 0.717) is 34.1 Å². The van der Waals surface area contributed by atoms with Gasteiger partial charge in [-0.05, 0) is 41.6 Å².